The molecule has 0 atom stereocenters. The Balaban J connectivity index is 2.12. The molecule has 0 spiro atoms. The van der Waals surface area contributed by atoms with Crippen molar-refractivity contribution < 1.29 is 9.47 Å². The topological polar surface area (TPSA) is 44.5 Å². The van der Waals surface area contributed by atoms with Gasteiger partial charge in [-0.25, -0.2) is 0 Å². The highest BCUT2D eigenvalue weighted by Gasteiger charge is 2.04. The summed E-state index contributed by atoms with van der Waals surface area (Å²) in [5.74, 6) is 2.15. The van der Waals surface area contributed by atoms with E-state index in [1.54, 1.807) is 0 Å². The molecular weight excluding hydrogens is 262 g/mol. The smallest absolute Gasteiger partial charge is 0.146 e. The maximum Gasteiger partial charge on any atom is 0.146 e. The SMILES string of the molecule is CCOc1ccc(Oc2ccc(CN)cc2Cl)cc1. The van der Waals surface area contributed by atoms with Crippen LogP contribution >= 0.6 is 11.6 Å². The standard InChI is InChI=1S/C15H16ClNO2/c1-2-18-12-4-6-13(7-5-12)19-15-8-3-11(10-17)9-14(15)16/h3-9H,2,10,17H2,1H3. The third-order valence-corrected chi connectivity index (χ3v) is 2.89. The first-order valence-corrected chi connectivity index (χ1v) is 6.50. The number of ether oxygens (including phenoxy) is 2. The molecule has 19 heavy (non-hydrogen) atoms. The summed E-state index contributed by atoms with van der Waals surface area (Å²) < 4.78 is 11.1. The third kappa shape index (κ3) is 3.63. The molecule has 0 saturated carbocycles. The van der Waals surface area contributed by atoms with Crippen molar-refractivity contribution in [1.82, 2.24) is 0 Å². The molecule has 2 aromatic carbocycles. The number of halogens is 1. The van der Waals surface area contributed by atoms with Gasteiger partial charge in [0.1, 0.15) is 17.2 Å². The van der Waals surface area contributed by atoms with Crippen molar-refractivity contribution in [2.24, 2.45) is 5.73 Å². The fraction of sp³-hybridized carbons (Fsp3) is 0.200. The molecule has 2 rings (SSSR count). The summed E-state index contributed by atoms with van der Waals surface area (Å²) in [4.78, 5) is 0. The van der Waals surface area contributed by atoms with Gasteiger partial charge in [-0.1, -0.05) is 17.7 Å². The first-order chi connectivity index (χ1) is 9.22. The lowest BCUT2D eigenvalue weighted by Crippen LogP contribution is -1.96. The lowest BCUT2D eigenvalue weighted by molar-refractivity contribution is 0.339. The predicted molar refractivity (Wildman–Crippen MR) is 77.0 cm³/mol. The molecule has 0 fully saturated rings. The Morgan fingerprint density at radius 1 is 1.05 bits per heavy atom. The van der Waals surface area contributed by atoms with Gasteiger partial charge in [-0.15, -0.1) is 0 Å². The number of hydrogen-bond acceptors (Lipinski definition) is 3. The summed E-state index contributed by atoms with van der Waals surface area (Å²) >= 11 is 6.13. The average molecular weight is 278 g/mol. The Morgan fingerprint density at radius 3 is 2.32 bits per heavy atom. The monoisotopic (exact) mass is 277 g/mol. The van der Waals surface area contributed by atoms with Crippen LogP contribution in [0.2, 0.25) is 5.02 Å². The number of nitrogens with two attached hydrogens (primary N) is 1. The fourth-order valence-electron chi connectivity index (χ4n) is 1.65. The Morgan fingerprint density at radius 2 is 1.74 bits per heavy atom. The maximum absolute atomic E-state index is 6.13. The van der Waals surface area contributed by atoms with E-state index in [0.29, 0.717) is 29.7 Å². The van der Waals surface area contributed by atoms with Crippen molar-refractivity contribution in [2.45, 2.75) is 13.5 Å². The molecule has 3 nitrogen and oxygen atoms in total. The zero-order valence-electron chi connectivity index (χ0n) is 10.7. The Kier molecular flexibility index (Phi) is 4.66. The summed E-state index contributed by atoms with van der Waals surface area (Å²) in [6.07, 6.45) is 0. The molecule has 0 bridgehead atoms. The van der Waals surface area contributed by atoms with Gasteiger partial charge in [-0.3, -0.25) is 0 Å². The predicted octanol–water partition coefficient (Wildman–Crippen LogP) is 3.99. The summed E-state index contributed by atoms with van der Waals surface area (Å²) in [6.45, 7) is 3.05. The summed E-state index contributed by atoms with van der Waals surface area (Å²) in [7, 11) is 0. The van der Waals surface area contributed by atoms with Crippen LogP contribution in [-0.2, 0) is 6.54 Å². The highest BCUT2D eigenvalue weighted by Crippen LogP contribution is 2.30. The largest absolute Gasteiger partial charge is 0.494 e. The summed E-state index contributed by atoms with van der Waals surface area (Å²) in [5, 5.41) is 0.553. The van der Waals surface area contributed by atoms with E-state index >= 15 is 0 Å². The zero-order valence-corrected chi connectivity index (χ0v) is 11.5. The van der Waals surface area contributed by atoms with Crippen molar-refractivity contribution in [1.29, 1.82) is 0 Å². The fourth-order valence-corrected chi connectivity index (χ4v) is 1.89. The highest BCUT2D eigenvalue weighted by molar-refractivity contribution is 6.32. The Labute approximate surface area is 117 Å². The van der Waals surface area contributed by atoms with Gasteiger partial charge in [0.25, 0.3) is 0 Å². The molecule has 0 aliphatic rings. The first-order valence-electron chi connectivity index (χ1n) is 6.12. The molecule has 2 N–H and O–H groups in total. The molecule has 0 aromatic heterocycles. The van der Waals surface area contributed by atoms with Crippen LogP contribution in [0.15, 0.2) is 42.5 Å². The van der Waals surface area contributed by atoms with E-state index in [0.717, 1.165) is 11.3 Å². The molecular formula is C15H16ClNO2. The van der Waals surface area contributed by atoms with Crippen LogP contribution in [0.4, 0.5) is 0 Å². The average Bonchev–Trinajstić information content (AvgIpc) is 2.43. The van der Waals surface area contributed by atoms with E-state index in [4.69, 9.17) is 26.8 Å². The number of benzene rings is 2. The van der Waals surface area contributed by atoms with Gasteiger partial charge in [0, 0.05) is 6.54 Å². The van der Waals surface area contributed by atoms with Gasteiger partial charge in [-0.2, -0.15) is 0 Å². The van der Waals surface area contributed by atoms with Crippen molar-refractivity contribution >= 4 is 11.6 Å². The van der Waals surface area contributed by atoms with Gasteiger partial charge in [0.2, 0.25) is 0 Å². The van der Waals surface area contributed by atoms with Crippen molar-refractivity contribution in [3.8, 4) is 17.2 Å². The van der Waals surface area contributed by atoms with E-state index in [1.807, 2.05) is 49.4 Å². The minimum Gasteiger partial charge on any atom is -0.494 e. The van der Waals surface area contributed by atoms with E-state index in [2.05, 4.69) is 0 Å². The Hall–Kier alpha value is -1.71. The molecule has 0 amide bonds. The number of rotatable bonds is 5. The second-order valence-electron chi connectivity index (χ2n) is 3.98. The van der Waals surface area contributed by atoms with Gasteiger partial charge in [0.15, 0.2) is 0 Å². The molecule has 0 unspecified atom stereocenters. The van der Waals surface area contributed by atoms with E-state index in [9.17, 15) is 0 Å². The van der Waals surface area contributed by atoms with Gasteiger partial charge in [0.05, 0.1) is 11.6 Å². The first kappa shape index (κ1) is 13.7. The zero-order chi connectivity index (χ0) is 13.7. The van der Waals surface area contributed by atoms with Crippen LogP contribution in [0, 0.1) is 0 Å². The number of hydrogen-bond donors (Lipinski definition) is 1. The second kappa shape index (κ2) is 6.45. The molecule has 100 valence electrons. The lowest BCUT2D eigenvalue weighted by Gasteiger charge is -2.09. The van der Waals surface area contributed by atoms with Crippen LogP contribution < -0.4 is 15.2 Å². The molecule has 0 aliphatic carbocycles. The van der Waals surface area contributed by atoms with Crippen LogP contribution in [-0.4, -0.2) is 6.61 Å². The highest BCUT2D eigenvalue weighted by atomic mass is 35.5. The van der Waals surface area contributed by atoms with Crippen LogP contribution in [0.25, 0.3) is 0 Å². The normalized spacial score (nSPS) is 10.3. The van der Waals surface area contributed by atoms with Gasteiger partial charge >= 0.3 is 0 Å². The second-order valence-corrected chi connectivity index (χ2v) is 4.38. The molecule has 0 radical (unpaired) electrons. The van der Waals surface area contributed by atoms with Gasteiger partial charge in [-0.05, 0) is 48.9 Å². The molecule has 0 heterocycles. The van der Waals surface area contributed by atoms with Crippen LogP contribution in [0.3, 0.4) is 0 Å². The summed E-state index contributed by atoms with van der Waals surface area (Å²) in [6, 6.07) is 12.9. The summed E-state index contributed by atoms with van der Waals surface area (Å²) in [5.41, 5.74) is 6.53. The van der Waals surface area contributed by atoms with Gasteiger partial charge < -0.3 is 15.2 Å². The minimum absolute atomic E-state index is 0.461. The van der Waals surface area contributed by atoms with E-state index in [-0.39, 0.29) is 0 Å². The molecule has 2 aromatic rings. The van der Waals surface area contributed by atoms with Crippen LogP contribution in [0.5, 0.6) is 17.2 Å². The van der Waals surface area contributed by atoms with Crippen LogP contribution in [0.1, 0.15) is 12.5 Å². The lowest BCUT2D eigenvalue weighted by atomic mass is 10.2. The maximum atomic E-state index is 6.13. The van der Waals surface area contributed by atoms with E-state index in [1.165, 1.54) is 0 Å². The van der Waals surface area contributed by atoms with Crippen molar-refractivity contribution in [3.63, 3.8) is 0 Å². The van der Waals surface area contributed by atoms with Crippen molar-refractivity contribution in [3.05, 3.63) is 53.1 Å². The quantitative estimate of drug-likeness (QED) is 0.899. The third-order valence-electron chi connectivity index (χ3n) is 2.59. The van der Waals surface area contributed by atoms with E-state index < -0.39 is 0 Å². The molecule has 4 heteroatoms. The Bertz CT molecular complexity index is 540. The van der Waals surface area contributed by atoms with Crippen molar-refractivity contribution in [2.75, 3.05) is 6.61 Å². The minimum atomic E-state index is 0.461. The molecule has 0 aliphatic heterocycles. The molecule has 0 saturated heterocycles.